The average Bonchev–Trinajstić information content (AvgIpc) is 3.61. The van der Waals surface area contributed by atoms with Crippen molar-refractivity contribution < 1.29 is 19.1 Å². The van der Waals surface area contributed by atoms with Gasteiger partial charge in [-0.25, -0.2) is 4.98 Å². The van der Waals surface area contributed by atoms with Crippen molar-refractivity contribution >= 4 is 45.6 Å². The van der Waals surface area contributed by atoms with Crippen LogP contribution >= 0.6 is 22.9 Å². The van der Waals surface area contributed by atoms with E-state index in [-0.39, 0.29) is 25.0 Å². The predicted molar refractivity (Wildman–Crippen MR) is 144 cm³/mol. The van der Waals surface area contributed by atoms with Gasteiger partial charge in [0.2, 0.25) is 12.7 Å². The summed E-state index contributed by atoms with van der Waals surface area (Å²) >= 11 is 7.70. The molecule has 0 aliphatic carbocycles. The summed E-state index contributed by atoms with van der Waals surface area (Å²) in [7, 11) is 0. The number of amides is 2. The van der Waals surface area contributed by atoms with Crippen LogP contribution in [-0.2, 0) is 17.6 Å². The number of benzene rings is 3. The summed E-state index contributed by atoms with van der Waals surface area (Å²) in [4.78, 5) is 33.3. The van der Waals surface area contributed by atoms with Crippen molar-refractivity contribution in [1.82, 2.24) is 4.98 Å². The summed E-state index contributed by atoms with van der Waals surface area (Å²) in [6, 6.07) is 18.6. The standard InChI is InChI=1S/C28H22ClN3O4S/c1-16-26(31-28(37-16)30-25(33)13-17-6-9-23-24(12-17)36-15-35-23)19-7-8-22-18(14-19)10-11-32(22)27(34)20-4-2-3-5-21(20)29/h2-9,12,14H,10-11,13,15H2,1H3,(H,30,31,33). The Kier molecular flexibility index (Phi) is 6.06. The number of aryl methyl sites for hydroxylation is 1. The smallest absolute Gasteiger partial charge is 0.259 e. The minimum absolute atomic E-state index is 0.102. The highest BCUT2D eigenvalue weighted by Gasteiger charge is 2.27. The van der Waals surface area contributed by atoms with Gasteiger partial charge in [0.05, 0.1) is 22.7 Å². The molecule has 0 spiro atoms. The summed E-state index contributed by atoms with van der Waals surface area (Å²) in [5, 5.41) is 3.92. The molecule has 3 heterocycles. The molecule has 3 aromatic carbocycles. The Labute approximate surface area is 222 Å². The first-order chi connectivity index (χ1) is 18.0. The number of fused-ring (bicyclic) bond motifs is 2. The van der Waals surface area contributed by atoms with Crippen LogP contribution in [0.25, 0.3) is 11.3 Å². The number of halogens is 1. The molecule has 9 heteroatoms. The van der Waals surface area contributed by atoms with Crippen LogP contribution < -0.4 is 19.7 Å². The maximum Gasteiger partial charge on any atom is 0.259 e. The lowest BCUT2D eigenvalue weighted by atomic mass is 10.1. The molecule has 1 N–H and O–H groups in total. The molecule has 0 bridgehead atoms. The number of nitrogens with zero attached hydrogens (tertiary/aromatic N) is 2. The molecule has 0 saturated carbocycles. The lowest BCUT2D eigenvalue weighted by molar-refractivity contribution is -0.115. The third kappa shape index (κ3) is 4.54. The zero-order valence-electron chi connectivity index (χ0n) is 19.9. The molecule has 0 fully saturated rings. The molecule has 0 saturated heterocycles. The number of carbonyl (C=O) groups excluding carboxylic acids is 2. The number of anilines is 2. The van der Waals surface area contributed by atoms with Crippen LogP contribution in [0.15, 0.2) is 60.7 Å². The molecule has 37 heavy (non-hydrogen) atoms. The Morgan fingerprint density at radius 3 is 2.78 bits per heavy atom. The predicted octanol–water partition coefficient (Wildman–Crippen LogP) is 5.88. The zero-order chi connectivity index (χ0) is 25.5. The van der Waals surface area contributed by atoms with Gasteiger partial charge in [0.25, 0.3) is 5.91 Å². The molecule has 0 unspecified atom stereocenters. The number of hydrogen-bond acceptors (Lipinski definition) is 6. The van der Waals surface area contributed by atoms with Crippen molar-refractivity contribution in [3.8, 4) is 22.8 Å². The van der Waals surface area contributed by atoms with Crippen LogP contribution in [0.1, 0.15) is 26.4 Å². The monoisotopic (exact) mass is 531 g/mol. The fourth-order valence-corrected chi connectivity index (χ4v) is 5.73. The molecular weight excluding hydrogens is 510 g/mol. The molecular formula is C28H22ClN3O4S. The Morgan fingerprint density at radius 2 is 1.92 bits per heavy atom. The van der Waals surface area contributed by atoms with Gasteiger partial charge < -0.3 is 19.7 Å². The van der Waals surface area contributed by atoms with Crippen LogP contribution in [0, 0.1) is 6.92 Å². The van der Waals surface area contributed by atoms with Gasteiger partial charge in [-0.15, -0.1) is 11.3 Å². The normalized spacial score (nSPS) is 13.5. The second kappa shape index (κ2) is 9.53. The largest absolute Gasteiger partial charge is 0.454 e. The van der Waals surface area contributed by atoms with E-state index in [1.165, 1.54) is 11.3 Å². The van der Waals surface area contributed by atoms with Crippen LogP contribution in [0.5, 0.6) is 11.5 Å². The number of rotatable bonds is 5. The van der Waals surface area contributed by atoms with E-state index in [4.69, 9.17) is 26.1 Å². The first-order valence-electron chi connectivity index (χ1n) is 11.8. The van der Waals surface area contributed by atoms with Crippen LogP contribution in [0.3, 0.4) is 0 Å². The molecule has 7 nitrogen and oxygen atoms in total. The van der Waals surface area contributed by atoms with Crippen molar-refractivity contribution in [2.75, 3.05) is 23.6 Å². The second-order valence-electron chi connectivity index (χ2n) is 8.87. The first kappa shape index (κ1) is 23.5. The summed E-state index contributed by atoms with van der Waals surface area (Å²) in [5.74, 6) is 1.09. The van der Waals surface area contributed by atoms with E-state index in [2.05, 4.69) is 11.4 Å². The second-order valence-corrected chi connectivity index (χ2v) is 10.5. The van der Waals surface area contributed by atoms with E-state index in [0.29, 0.717) is 33.8 Å². The van der Waals surface area contributed by atoms with Gasteiger partial charge in [0.15, 0.2) is 16.6 Å². The topological polar surface area (TPSA) is 80.8 Å². The summed E-state index contributed by atoms with van der Waals surface area (Å²) < 4.78 is 10.7. The molecule has 4 aromatic rings. The molecule has 2 amide bonds. The Morgan fingerprint density at radius 1 is 1.08 bits per heavy atom. The minimum atomic E-state index is -0.151. The zero-order valence-corrected chi connectivity index (χ0v) is 21.5. The Balaban J connectivity index is 1.17. The quantitative estimate of drug-likeness (QED) is 0.347. The van der Waals surface area contributed by atoms with Gasteiger partial charge in [-0.1, -0.05) is 35.9 Å². The number of hydrogen-bond donors (Lipinski definition) is 1. The van der Waals surface area contributed by atoms with Crippen LogP contribution in [0.2, 0.25) is 5.02 Å². The number of carbonyl (C=O) groups is 2. The van der Waals surface area contributed by atoms with Crippen LogP contribution in [0.4, 0.5) is 10.8 Å². The summed E-state index contributed by atoms with van der Waals surface area (Å²) in [6.07, 6.45) is 0.959. The van der Waals surface area contributed by atoms with Gasteiger partial charge in [-0.05, 0) is 60.9 Å². The Bertz CT molecular complexity index is 1550. The summed E-state index contributed by atoms with van der Waals surface area (Å²) in [6.45, 7) is 2.78. The molecule has 0 atom stereocenters. The summed E-state index contributed by atoms with van der Waals surface area (Å²) in [5.41, 5.74) is 5.08. The van der Waals surface area contributed by atoms with Gasteiger partial charge in [-0.2, -0.15) is 0 Å². The fourth-order valence-electron chi connectivity index (χ4n) is 4.66. The number of nitrogens with one attached hydrogen (secondary N) is 1. The van der Waals surface area contributed by atoms with Crippen molar-refractivity contribution in [2.24, 2.45) is 0 Å². The number of ether oxygens (including phenoxy) is 2. The first-order valence-corrected chi connectivity index (χ1v) is 13.0. The van der Waals surface area contributed by atoms with E-state index >= 15 is 0 Å². The third-order valence-electron chi connectivity index (χ3n) is 6.44. The van der Waals surface area contributed by atoms with E-state index < -0.39 is 0 Å². The van der Waals surface area contributed by atoms with Crippen molar-refractivity contribution in [3.63, 3.8) is 0 Å². The highest BCUT2D eigenvalue weighted by Crippen LogP contribution is 2.37. The van der Waals surface area contributed by atoms with Crippen molar-refractivity contribution in [3.05, 3.63) is 87.3 Å². The van der Waals surface area contributed by atoms with Gasteiger partial charge >= 0.3 is 0 Å². The lowest BCUT2D eigenvalue weighted by Crippen LogP contribution is -2.29. The van der Waals surface area contributed by atoms with Crippen LogP contribution in [-0.4, -0.2) is 30.1 Å². The Hall–Kier alpha value is -3.88. The van der Waals surface area contributed by atoms with E-state index in [9.17, 15) is 9.59 Å². The highest BCUT2D eigenvalue weighted by atomic mass is 35.5. The van der Waals surface area contributed by atoms with Gasteiger partial charge in [0.1, 0.15) is 0 Å². The molecule has 6 rings (SSSR count). The van der Waals surface area contributed by atoms with Crippen molar-refractivity contribution in [1.29, 1.82) is 0 Å². The van der Waals surface area contributed by atoms with E-state index in [0.717, 1.165) is 39.4 Å². The fraction of sp³-hybridized carbons (Fsp3) is 0.179. The minimum Gasteiger partial charge on any atom is -0.454 e. The lowest BCUT2D eigenvalue weighted by Gasteiger charge is -2.18. The molecule has 186 valence electrons. The third-order valence-corrected chi connectivity index (χ3v) is 7.66. The number of thiazole rings is 1. The van der Waals surface area contributed by atoms with Gasteiger partial charge in [-0.3, -0.25) is 9.59 Å². The molecule has 1 aromatic heterocycles. The molecule has 0 radical (unpaired) electrons. The van der Waals surface area contributed by atoms with Gasteiger partial charge in [0, 0.05) is 22.7 Å². The molecule has 2 aliphatic heterocycles. The average molecular weight is 532 g/mol. The SMILES string of the molecule is Cc1sc(NC(=O)Cc2ccc3c(c2)OCO3)nc1-c1ccc2c(c1)CCN2C(=O)c1ccccc1Cl. The van der Waals surface area contributed by atoms with E-state index in [1.54, 1.807) is 17.0 Å². The maximum atomic E-state index is 13.1. The number of aromatic nitrogens is 1. The molecule has 2 aliphatic rings. The maximum absolute atomic E-state index is 13.1. The highest BCUT2D eigenvalue weighted by molar-refractivity contribution is 7.16. The van der Waals surface area contributed by atoms with E-state index in [1.807, 2.05) is 49.4 Å². The van der Waals surface area contributed by atoms with Crippen molar-refractivity contribution in [2.45, 2.75) is 19.8 Å².